The number of amides is 1. The first-order valence-corrected chi connectivity index (χ1v) is 7.29. The lowest BCUT2D eigenvalue weighted by atomic mass is 9.85. The van der Waals surface area contributed by atoms with Crippen LogP contribution in [0.4, 0.5) is 0 Å². The van der Waals surface area contributed by atoms with Gasteiger partial charge in [-0.15, -0.1) is 0 Å². The van der Waals surface area contributed by atoms with Crippen LogP contribution in [0.5, 0.6) is 0 Å². The largest absolute Gasteiger partial charge is 0.341 e. The minimum atomic E-state index is -0.414. The molecule has 19 heavy (non-hydrogen) atoms. The molecule has 1 amide bonds. The van der Waals surface area contributed by atoms with Gasteiger partial charge in [-0.25, -0.2) is 0 Å². The van der Waals surface area contributed by atoms with Crippen molar-refractivity contribution in [1.82, 2.24) is 4.90 Å². The van der Waals surface area contributed by atoms with Crippen LogP contribution in [-0.4, -0.2) is 29.9 Å². The molecule has 1 aromatic rings. The smallest absolute Gasteiger partial charge is 0.239 e. The topological polar surface area (TPSA) is 46.3 Å². The summed E-state index contributed by atoms with van der Waals surface area (Å²) in [6, 6.07) is 9.58. The predicted octanol–water partition coefficient (Wildman–Crippen LogP) is 2.21. The Hall–Kier alpha value is -1.35. The Labute approximate surface area is 115 Å². The van der Waals surface area contributed by atoms with Gasteiger partial charge < -0.3 is 10.6 Å². The maximum atomic E-state index is 12.4. The van der Waals surface area contributed by atoms with Gasteiger partial charge in [-0.1, -0.05) is 36.8 Å². The van der Waals surface area contributed by atoms with Gasteiger partial charge in [0.15, 0.2) is 0 Å². The van der Waals surface area contributed by atoms with Crippen LogP contribution in [0.1, 0.15) is 31.7 Å². The standard InChI is InChI=1S/C16H24N2O/c1-2-18(12-14-9-6-10-14)16(19)15(17)11-13-7-4-3-5-8-13/h3-5,7-8,14-15H,2,6,9-12,17H2,1H3/t15-/m0/s1. The van der Waals surface area contributed by atoms with E-state index in [9.17, 15) is 4.79 Å². The molecular formula is C16H24N2O. The predicted molar refractivity (Wildman–Crippen MR) is 77.7 cm³/mol. The maximum absolute atomic E-state index is 12.4. The average molecular weight is 260 g/mol. The number of benzene rings is 1. The van der Waals surface area contributed by atoms with Crippen molar-refractivity contribution in [2.24, 2.45) is 11.7 Å². The molecule has 1 aliphatic rings. The van der Waals surface area contributed by atoms with Crippen LogP contribution in [0, 0.1) is 5.92 Å². The summed E-state index contributed by atoms with van der Waals surface area (Å²) in [5.74, 6) is 0.797. The molecule has 0 unspecified atom stereocenters. The van der Waals surface area contributed by atoms with E-state index in [1.54, 1.807) is 0 Å². The molecule has 1 aromatic carbocycles. The molecule has 0 aliphatic heterocycles. The maximum Gasteiger partial charge on any atom is 0.239 e. The summed E-state index contributed by atoms with van der Waals surface area (Å²) in [4.78, 5) is 14.3. The van der Waals surface area contributed by atoms with Crippen LogP contribution in [0.2, 0.25) is 0 Å². The van der Waals surface area contributed by atoms with Gasteiger partial charge in [-0.05, 0) is 37.7 Å². The van der Waals surface area contributed by atoms with Gasteiger partial charge >= 0.3 is 0 Å². The Kier molecular flexibility index (Phi) is 4.97. The molecule has 0 radical (unpaired) electrons. The third-order valence-corrected chi connectivity index (χ3v) is 4.01. The zero-order valence-corrected chi connectivity index (χ0v) is 11.7. The van der Waals surface area contributed by atoms with E-state index >= 15 is 0 Å². The monoisotopic (exact) mass is 260 g/mol. The summed E-state index contributed by atoms with van der Waals surface area (Å²) in [6.45, 7) is 3.68. The zero-order chi connectivity index (χ0) is 13.7. The van der Waals surface area contributed by atoms with E-state index in [4.69, 9.17) is 5.73 Å². The first-order chi connectivity index (χ1) is 9.20. The number of carbonyl (C=O) groups is 1. The van der Waals surface area contributed by atoms with E-state index in [1.165, 1.54) is 19.3 Å². The number of nitrogens with zero attached hydrogens (tertiary/aromatic N) is 1. The summed E-state index contributed by atoms with van der Waals surface area (Å²) in [5, 5.41) is 0. The number of hydrogen-bond donors (Lipinski definition) is 1. The number of rotatable bonds is 6. The molecule has 0 saturated heterocycles. The summed E-state index contributed by atoms with van der Waals surface area (Å²) < 4.78 is 0. The highest BCUT2D eigenvalue weighted by Gasteiger charge is 2.25. The van der Waals surface area contributed by atoms with Crippen LogP contribution in [0.25, 0.3) is 0 Å². The Bertz CT molecular complexity index is 400. The normalized spacial score (nSPS) is 16.7. The second kappa shape index (κ2) is 6.71. The summed E-state index contributed by atoms with van der Waals surface area (Å²) in [5.41, 5.74) is 7.20. The summed E-state index contributed by atoms with van der Waals surface area (Å²) in [7, 11) is 0. The Morgan fingerprint density at radius 3 is 2.58 bits per heavy atom. The molecule has 1 saturated carbocycles. The van der Waals surface area contributed by atoms with Crippen molar-refractivity contribution in [2.45, 2.75) is 38.6 Å². The van der Waals surface area contributed by atoms with E-state index in [0.717, 1.165) is 18.7 Å². The molecule has 3 heteroatoms. The quantitative estimate of drug-likeness (QED) is 0.852. The summed E-state index contributed by atoms with van der Waals surface area (Å²) in [6.07, 6.45) is 4.46. The van der Waals surface area contributed by atoms with Crippen molar-refractivity contribution < 1.29 is 4.79 Å². The second-order valence-electron chi connectivity index (χ2n) is 5.47. The Morgan fingerprint density at radius 2 is 2.05 bits per heavy atom. The average Bonchev–Trinajstić information content (AvgIpc) is 2.38. The summed E-state index contributed by atoms with van der Waals surface area (Å²) >= 11 is 0. The van der Waals surface area contributed by atoms with Gasteiger partial charge in [-0.3, -0.25) is 4.79 Å². The van der Waals surface area contributed by atoms with Gasteiger partial charge in [0.2, 0.25) is 5.91 Å². The Balaban J connectivity index is 1.89. The van der Waals surface area contributed by atoms with Crippen LogP contribution < -0.4 is 5.73 Å². The van der Waals surface area contributed by atoms with Crippen molar-refractivity contribution in [2.75, 3.05) is 13.1 Å². The fourth-order valence-corrected chi connectivity index (χ4v) is 2.55. The van der Waals surface area contributed by atoms with E-state index < -0.39 is 6.04 Å². The lowest BCUT2D eigenvalue weighted by molar-refractivity contribution is -0.133. The van der Waals surface area contributed by atoms with Crippen LogP contribution >= 0.6 is 0 Å². The third-order valence-electron chi connectivity index (χ3n) is 4.01. The third kappa shape index (κ3) is 3.80. The van der Waals surface area contributed by atoms with Crippen LogP contribution in [0.3, 0.4) is 0 Å². The molecule has 1 fully saturated rings. The molecule has 0 spiro atoms. The van der Waals surface area contributed by atoms with Crippen molar-refractivity contribution in [3.8, 4) is 0 Å². The molecule has 0 heterocycles. The van der Waals surface area contributed by atoms with Crippen molar-refractivity contribution >= 4 is 5.91 Å². The fraction of sp³-hybridized carbons (Fsp3) is 0.562. The lowest BCUT2D eigenvalue weighted by Gasteiger charge is -2.33. The highest BCUT2D eigenvalue weighted by atomic mass is 16.2. The number of likely N-dealkylation sites (N-methyl/N-ethyl adjacent to an activating group) is 1. The minimum Gasteiger partial charge on any atom is -0.341 e. The molecule has 3 nitrogen and oxygen atoms in total. The van der Waals surface area contributed by atoms with Gasteiger partial charge in [0, 0.05) is 13.1 Å². The highest BCUT2D eigenvalue weighted by molar-refractivity contribution is 5.82. The van der Waals surface area contributed by atoms with Gasteiger partial charge in [0.1, 0.15) is 0 Å². The van der Waals surface area contributed by atoms with Crippen molar-refractivity contribution in [3.63, 3.8) is 0 Å². The first-order valence-electron chi connectivity index (χ1n) is 7.29. The SMILES string of the molecule is CCN(CC1CCC1)C(=O)[C@@H](N)Cc1ccccc1. The Morgan fingerprint density at radius 1 is 1.37 bits per heavy atom. The first kappa shape index (κ1) is 14.1. The molecule has 2 rings (SSSR count). The van der Waals surface area contributed by atoms with Crippen LogP contribution in [0.15, 0.2) is 30.3 Å². The molecule has 2 N–H and O–H groups in total. The van der Waals surface area contributed by atoms with Gasteiger partial charge in [0.25, 0.3) is 0 Å². The molecular weight excluding hydrogens is 236 g/mol. The van der Waals surface area contributed by atoms with E-state index in [-0.39, 0.29) is 5.91 Å². The van der Waals surface area contributed by atoms with Gasteiger partial charge in [-0.2, -0.15) is 0 Å². The fourth-order valence-electron chi connectivity index (χ4n) is 2.55. The van der Waals surface area contributed by atoms with Crippen LogP contribution in [-0.2, 0) is 11.2 Å². The lowest BCUT2D eigenvalue weighted by Crippen LogP contribution is -2.47. The second-order valence-corrected chi connectivity index (χ2v) is 5.47. The van der Waals surface area contributed by atoms with E-state index in [0.29, 0.717) is 12.3 Å². The van der Waals surface area contributed by atoms with Gasteiger partial charge in [0.05, 0.1) is 6.04 Å². The molecule has 0 bridgehead atoms. The molecule has 104 valence electrons. The number of hydrogen-bond acceptors (Lipinski definition) is 2. The minimum absolute atomic E-state index is 0.0956. The molecule has 0 aromatic heterocycles. The number of nitrogens with two attached hydrogens (primary N) is 1. The van der Waals surface area contributed by atoms with E-state index in [1.807, 2.05) is 42.2 Å². The number of carbonyl (C=O) groups excluding carboxylic acids is 1. The highest BCUT2D eigenvalue weighted by Crippen LogP contribution is 2.27. The van der Waals surface area contributed by atoms with E-state index in [2.05, 4.69) is 0 Å². The van der Waals surface area contributed by atoms with Crippen molar-refractivity contribution in [3.05, 3.63) is 35.9 Å². The van der Waals surface area contributed by atoms with Crippen molar-refractivity contribution in [1.29, 1.82) is 0 Å². The zero-order valence-electron chi connectivity index (χ0n) is 11.7. The molecule has 1 aliphatic carbocycles. The molecule has 1 atom stereocenters.